The van der Waals surface area contributed by atoms with Crippen molar-refractivity contribution in [2.24, 2.45) is 0 Å². The number of aromatic nitrogens is 2. The average Bonchev–Trinajstić information content (AvgIpc) is 2.72. The molecule has 0 radical (unpaired) electrons. The van der Waals surface area contributed by atoms with E-state index in [1.807, 2.05) is 17.9 Å². The number of aromatic amines is 1. The minimum absolute atomic E-state index is 0.145. The van der Waals surface area contributed by atoms with E-state index in [9.17, 15) is 9.59 Å². The molecule has 0 saturated carbocycles. The summed E-state index contributed by atoms with van der Waals surface area (Å²) in [5.74, 6) is 1.51. The highest BCUT2D eigenvalue weighted by molar-refractivity contribution is 5.92. The predicted octanol–water partition coefficient (Wildman–Crippen LogP) is 2.40. The standard InChI is InChI=1S/C21H24N4O4/c1-4-25(12-19-23-18-8-6-5-7-17(18)21(27)24-19)13-20(26)22-14-9-15(28-2)11-16(10-14)29-3/h5-11H,4,12-13H2,1-3H3,(H,22,26)(H,23,24,27). The van der Waals surface area contributed by atoms with Gasteiger partial charge in [0.25, 0.3) is 5.56 Å². The first-order valence-electron chi connectivity index (χ1n) is 9.25. The van der Waals surface area contributed by atoms with Gasteiger partial charge in [0.2, 0.25) is 5.91 Å². The smallest absolute Gasteiger partial charge is 0.258 e. The molecule has 0 aliphatic carbocycles. The van der Waals surface area contributed by atoms with Crippen molar-refractivity contribution < 1.29 is 14.3 Å². The summed E-state index contributed by atoms with van der Waals surface area (Å²) in [6, 6.07) is 12.3. The van der Waals surface area contributed by atoms with Gasteiger partial charge in [0, 0.05) is 23.9 Å². The van der Waals surface area contributed by atoms with Crippen LogP contribution in [0.3, 0.4) is 0 Å². The Labute approximate surface area is 168 Å². The number of hydrogen-bond acceptors (Lipinski definition) is 6. The molecular weight excluding hydrogens is 372 g/mol. The number of ether oxygens (including phenoxy) is 2. The molecule has 3 aromatic rings. The van der Waals surface area contributed by atoms with Gasteiger partial charge in [-0.05, 0) is 18.7 Å². The van der Waals surface area contributed by atoms with Gasteiger partial charge in [-0.1, -0.05) is 19.1 Å². The number of likely N-dealkylation sites (N-methyl/N-ethyl adjacent to an activating group) is 1. The molecule has 1 aromatic heterocycles. The summed E-state index contributed by atoms with van der Waals surface area (Å²) < 4.78 is 10.4. The number of nitrogens with zero attached hydrogens (tertiary/aromatic N) is 2. The van der Waals surface area contributed by atoms with E-state index in [0.29, 0.717) is 47.0 Å². The molecule has 1 heterocycles. The normalized spacial score (nSPS) is 10.9. The van der Waals surface area contributed by atoms with Gasteiger partial charge in [0.05, 0.1) is 38.2 Å². The summed E-state index contributed by atoms with van der Waals surface area (Å²) >= 11 is 0. The molecule has 0 aliphatic heterocycles. The zero-order valence-corrected chi connectivity index (χ0v) is 16.7. The lowest BCUT2D eigenvalue weighted by Gasteiger charge is -2.19. The number of carbonyl (C=O) groups is 1. The van der Waals surface area contributed by atoms with Crippen LogP contribution in [0.4, 0.5) is 5.69 Å². The molecule has 1 amide bonds. The molecule has 0 spiro atoms. The van der Waals surface area contributed by atoms with Crippen LogP contribution in [0.1, 0.15) is 12.7 Å². The van der Waals surface area contributed by atoms with Crippen molar-refractivity contribution >= 4 is 22.5 Å². The van der Waals surface area contributed by atoms with Gasteiger partial charge < -0.3 is 19.8 Å². The van der Waals surface area contributed by atoms with Gasteiger partial charge in [-0.15, -0.1) is 0 Å². The number of para-hydroxylation sites is 1. The largest absolute Gasteiger partial charge is 0.497 e. The van der Waals surface area contributed by atoms with Crippen molar-refractivity contribution in [1.29, 1.82) is 0 Å². The van der Waals surface area contributed by atoms with Crippen LogP contribution in [-0.4, -0.2) is 48.1 Å². The average molecular weight is 396 g/mol. The topological polar surface area (TPSA) is 96.6 Å². The molecule has 0 fully saturated rings. The van der Waals surface area contributed by atoms with Crippen LogP contribution in [0.25, 0.3) is 10.9 Å². The Morgan fingerprint density at radius 2 is 1.83 bits per heavy atom. The molecule has 2 aromatic carbocycles. The lowest BCUT2D eigenvalue weighted by atomic mass is 10.2. The van der Waals surface area contributed by atoms with Crippen molar-refractivity contribution in [3.63, 3.8) is 0 Å². The Hall–Kier alpha value is -3.39. The van der Waals surface area contributed by atoms with Gasteiger partial charge in [0.1, 0.15) is 17.3 Å². The maximum Gasteiger partial charge on any atom is 0.258 e. The molecule has 3 rings (SSSR count). The van der Waals surface area contributed by atoms with Crippen molar-refractivity contribution in [2.45, 2.75) is 13.5 Å². The minimum Gasteiger partial charge on any atom is -0.497 e. The summed E-state index contributed by atoms with van der Waals surface area (Å²) in [5, 5.41) is 3.40. The molecule has 0 bridgehead atoms. The number of nitrogens with one attached hydrogen (secondary N) is 2. The summed E-state index contributed by atoms with van der Waals surface area (Å²) in [6.07, 6.45) is 0. The number of fused-ring (bicyclic) bond motifs is 1. The van der Waals surface area contributed by atoms with E-state index >= 15 is 0 Å². The molecular formula is C21H24N4O4. The van der Waals surface area contributed by atoms with Crippen molar-refractivity contribution in [3.8, 4) is 11.5 Å². The van der Waals surface area contributed by atoms with Gasteiger partial charge in [-0.2, -0.15) is 0 Å². The minimum atomic E-state index is -0.190. The van der Waals surface area contributed by atoms with E-state index in [1.165, 1.54) is 0 Å². The van der Waals surface area contributed by atoms with Crippen LogP contribution < -0.4 is 20.3 Å². The van der Waals surface area contributed by atoms with Crippen molar-refractivity contribution in [3.05, 3.63) is 58.6 Å². The van der Waals surface area contributed by atoms with E-state index in [-0.39, 0.29) is 18.0 Å². The first kappa shape index (κ1) is 20.3. The molecule has 0 unspecified atom stereocenters. The quantitative estimate of drug-likeness (QED) is 0.607. The fourth-order valence-electron chi connectivity index (χ4n) is 2.98. The Bertz CT molecular complexity index is 1040. The fraction of sp³-hybridized carbons (Fsp3) is 0.286. The summed E-state index contributed by atoms with van der Waals surface area (Å²) in [5.41, 5.74) is 1.03. The van der Waals surface area contributed by atoms with Crippen LogP contribution in [0.5, 0.6) is 11.5 Å². The molecule has 0 aliphatic rings. The van der Waals surface area contributed by atoms with E-state index in [2.05, 4.69) is 15.3 Å². The highest BCUT2D eigenvalue weighted by Crippen LogP contribution is 2.25. The van der Waals surface area contributed by atoms with E-state index in [1.54, 1.807) is 50.6 Å². The van der Waals surface area contributed by atoms with Gasteiger partial charge in [0.15, 0.2) is 0 Å². The van der Waals surface area contributed by atoms with Gasteiger partial charge in [-0.3, -0.25) is 14.5 Å². The number of rotatable bonds is 8. The Morgan fingerprint density at radius 3 is 2.48 bits per heavy atom. The third kappa shape index (κ3) is 5.11. The zero-order chi connectivity index (χ0) is 20.8. The summed E-state index contributed by atoms with van der Waals surface area (Å²) in [4.78, 5) is 33.9. The molecule has 8 nitrogen and oxygen atoms in total. The summed E-state index contributed by atoms with van der Waals surface area (Å²) in [7, 11) is 3.10. The van der Waals surface area contributed by atoms with E-state index in [4.69, 9.17) is 9.47 Å². The monoisotopic (exact) mass is 396 g/mol. The lowest BCUT2D eigenvalue weighted by Crippen LogP contribution is -2.33. The molecule has 29 heavy (non-hydrogen) atoms. The van der Waals surface area contributed by atoms with Crippen molar-refractivity contribution in [1.82, 2.24) is 14.9 Å². The molecule has 0 saturated heterocycles. The first-order valence-corrected chi connectivity index (χ1v) is 9.25. The van der Waals surface area contributed by atoms with Gasteiger partial charge >= 0.3 is 0 Å². The van der Waals surface area contributed by atoms with Gasteiger partial charge in [-0.25, -0.2) is 4.98 Å². The highest BCUT2D eigenvalue weighted by atomic mass is 16.5. The van der Waals surface area contributed by atoms with Crippen LogP contribution in [0.15, 0.2) is 47.3 Å². The number of H-pyrrole nitrogens is 1. The third-order valence-corrected chi connectivity index (χ3v) is 4.48. The fourth-order valence-corrected chi connectivity index (χ4v) is 2.98. The number of anilines is 1. The number of methoxy groups -OCH3 is 2. The molecule has 8 heteroatoms. The number of amides is 1. The number of carbonyl (C=O) groups excluding carboxylic acids is 1. The predicted molar refractivity (Wildman–Crippen MR) is 111 cm³/mol. The SMILES string of the molecule is CCN(CC(=O)Nc1cc(OC)cc(OC)c1)Cc1nc2ccccc2c(=O)[nH]1. The maximum atomic E-state index is 12.5. The first-order chi connectivity index (χ1) is 14.0. The van der Waals surface area contributed by atoms with Crippen LogP contribution >= 0.6 is 0 Å². The van der Waals surface area contributed by atoms with Crippen LogP contribution in [0.2, 0.25) is 0 Å². The number of benzene rings is 2. The second-order valence-corrected chi connectivity index (χ2v) is 6.48. The van der Waals surface area contributed by atoms with E-state index < -0.39 is 0 Å². The third-order valence-electron chi connectivity index (χ3n) is 4.48. The Morgan fingerprint density at radius 1 is 1.14 bits per heavy atom. The summed E-state index contributed by atoms with van der Waals surface area (Å²) in [6.45, 7) is 3.06. The highest BCUT2D eigenvalue weighted by Gasteiger charge is 2.13. The molecule has 0 atom stereocenters. The second kappa shape index (κ2) is 9.20. The maximum absolute atomic E-state index is 12.5. The number of hydrogen-bond donors (Lipinski definition) is 2. The zero-order valence-electron chi connectivity index (χ0n) is 16.7. The Balaban J connectivity index is 1.70. The van der Waals surface area contributed by atoms with Crippen LogP contribution in [-0.2, 0) is 11.3 Å². The molecule has 2 N–H and O–H groups in total. The van der Waals surface area contributed by atoms with E-state index in [0.717, 1.165) is 0 Å². The van der Waals surface area contributed by atoms with Crippen LogP contribution in [0, 0.1) is 0 Å². The molecule has 152 valence electrons. The lowest BCUT2D eigenvalue weighted by molar-refractivity contribution is -0.117. The second-order valence-electron chi connectivity index (χ2n) is 6.48. The Kier molecular flexibility index (Phi) is 6.46. The van der Waals surface area contributed by atoms with Crippen molar-refractivity contribution in [2.75, 3.05) is 32.6 Å².